The van der Waals surface area contributed by atoms with Gasteiger partial charge in [0.2, 0.25) is 5.88 Å². The summed E-state index contributed by atoms with van der Waals surface area (Å²) in [6.07, 6.45) is 2.34. The molecule has 1 aromatic rings. The molecule has 2 saturated heterocycles. The molecule has 17 heavy (non-hydrogen) atoms. The van der Waals surface area contributed by atoms with Crippen molar-refractivity contribution in [3.05, 3.63) is 23.9 Å². The van der Waals surface area contributed by atoms with Crippen LogP contribution in [0.4, 0.5) is 0 Å². The van der Waals surface area contributed by atoms with E-state index in [0.29, 0.717) is 12.5 Å². The van der Waals surface area contributed by atoms with E-state index in [0.717, 1.165) is 12.0 Å². The molecule has 0 unspecified atom stereocenters. The van der Waals surface area contributed by atoms with Crippen LogP contribution in [0.5, 0.6) is 5.88 Å². The second kappa shape index (κ2) is 3.43. The Hall–Kier alpha value is -1.62. The molecule has 3 fully saturated rings. The highest BCUT2D eigenvalue weighted by Gasteiger charge is 2.65. The van der Waals surface area contributed by atoms with E-state index in [9.17, 15) is 9.90 Å². The predicted octanol–water partition coefficient (Wildman–Crippen LogP) is 0.831. The maximum Gasteiger partial charge on any atom is 0.310 e. The lowest BCUT2D eigenvalue weighted by Crippen LogP contribution is -2.52. The number of carboxylic acid groups (broad SMARTS) is 1. The molecule has 1 aromatic heterocycles. The molecule has 0 aromatic carbocycles. The number of carbonyl (C=O) groups is 1. The van der Waals surface area contributed by atoms with Gasteiger partial charge in [-0.15, -0.1) is 0 Å². The van der Waals surface area contributed by atoms with Gasteiger partial charge in [-0.2, -0.15) is 0 Å². The molecule has 5 nitrogen and oxygen atoms in total. The normalized spacial score (nSPS) is 34.2. The molecule has 4 rings (SSSR count). The SMILES string of the molecule is COc1ccc([C@]23CO[C@H](C2)[C@H]3C(=O)O)cn1. The van der Waals surface area contributed by atoms with Crippen molar-refractivity contribution < 1.29 is 19.4 Å². The third-order valence-electron chi connectivity index (χ3n) is 3.87. The topological polar surface area (TPSA) is 68.7 Å². The maximum absolute atomic E-state index is 11.2. The molecular weight excluding hydrogens is 222 g/mol. The minimum absolute atomic E-state index is 0.130. The summed E-state index contributed by atoms with van der Waals surface area (Å²) in [5.41, 5.74) is 0.551. The number of nitrogens with zero attached hydrogens (tertiary/aromatic N) is 1. The summed E-state index contributed by atoms with van der Waals surface area (Å²) in [6, 6.07) is 3.64. The van der Waals surface area contributed by atoms with E-state index in [-0.39, 0.29) is 11.5 Å². The second-order valence-corrected chi connectivity index (χ2v) is 4.61. The molecule has 3 atom stereocenters. The molecule has 2 bridgehead atoms. The van der Waals surface area contributed by atoms with Gasteiger partial charge in [-0.05, 0) is 12.0 Å². The van der Waals surface area contributed by atoms with Crippen LogP contribution in [0.3, 0.4) is 0 Å². The van der Waals surface area contributed by atoms with Crippen LogP contribution in [0.15, 0.2) is 18.3 Å². The lowest BCUT2D eigenvalue weighted by atomic mass is 9.58. The van der Waals surface area contributed by atoms with Gasteiger partial charge in [0, 0.05) is 17.7 Å². The number of hydrogen-bond acceptors (Lipinski definition) is 4. The van der Waals surface area contributed by atoms with Crippen LogP contribution < -0.4 is 4.74 Å². The van der Waals surface area contributed by atoms with Crippen molar-refractivity contribution in [2.75, 3.05) is 13.7 Å². The number of carboxylic acids is 1. The maximum atomic E-state index is 11.2. The van der Waals surface area contributed by atoms with Crippen LogP contribution in [0, 0.1) is 5.92 Å². The summed E-state index contributed by atoms with van der Waals surface area (Å²) >= 11 is 0. The summed E-state index contributed by atoms with van der Waals surface area (Å²) in [5, 5.41) is 9.22. The summed E-state index contributed by atoms with van der Waals surface area (Å²) in [6.45, 7) is 0.475. The Morgan fingerprint density at radius 1 is 1.65 bits per heavy atom. The van der Waals surface area contributed by atoms with E-state index in [1.165, 1.54) is 0 Å². The summed E-state index contributed by atoms with van der Waals surface area (Å²) in [5.74, 6) is -0.681. The third-order valence-corrected chi connectivity index (χ3v) is 3.87. The van der Waals surface area contributed by atoms with Gasteiger partial charge in [-0.3, -0.25) is 4.79 Å². The van der Waals surface area contributed by atoms with Gasteiger partial charge in [-0.25, -0.2) is 4.98 Å². The first-order chi connectivity index (χ1) is 8.17. The Morgan fingerprint density at radius 2 is 2.47 bits per heavy atom. The fraction of sp³-hybridized carbons (Fsp3) is 0.500. The van der Waals surface area contributed by atoms with Crippen LogP contribution in [0.25, 0.3) is 0 Å². The average Bonchev–Trinajstić information content (AvgIpc) is 2.87. The van der Waals surface area contributed by atoms with Crippen molar-refractivity contribution in [1.82, 2.24) is 4.98 Å². The van der Waals surface area contributed by atoms with Gasteiger partial charge in [0.1, 0.15) is 0 Å². The number of ether oxygens (including phenoxy) is 2. The summed E-state index contributed by atoms with van der Waals surface area (Å²) < 4.78 is 10.5. The smallest absolute Gasteiger partial charge is 0.310 e. The summed E-state index contributed by atoms with van der Waals surface area (Å²) in [7, 11) is 1.55. The molecule has 5 heteroatoms. The summed E-state index contributed by atoms with van der Waals surface area (Å²) in [4.78, 5) is 15.4. The predicted molar refractivity (Wildman–Crippen MR) is 57.9 cm³/mol. The second-order valence-electron chi connectivity index (χ2n) is 4.61. The van der Waals surface area contributed by atoms with Crippen molar-refractivity contribution in [2.45, 2.75) is 17.9 Å². The zero-order chi connectivity index (χ0) is 12.0. The number of pyridine rings is 1. The van der Waals surface area contributed by atoms with Crippen molar-refractivity contribution in [2.24, 2.45) is 5.92 Å². The highest BCUT2D eigenvalue weighted by atomic mass is 16.5. The van der Waals surface area contributed by atoms with Crippen LogP contribution in [0.1, 0.15) is 12.0 Å². The monoisotopic (exact) mass is 235 g/mol. The van der Waals surface area contributed by atoms with E-state index in [4.69, 9.17) is 9.47 Å². The van der Waals surface area contributed by atoms with Gasteiger partial charge >= 0.3 is 5.97 Å². The minimum atomic E-state index is -0.783. The molecule has 1 aliphatic carbocycles. The van der Waals surface area contributed by atoms with E-state index < -0.39 is 11.9 Å². The van der Waals surface area contributed by atoms with E-state index in [1.807, 2.05) is 6.07 Å². The van der Waals surface area contributed by atoms with Crippen LogP contribution in [-0.2, 0) is 14.9 Å². The Morgan fingerprint density at radius 3 is 3.00 bits per heavy atom. The zero-order valence-corrected chi connectivity index (χ0v) is 9.42. The van der Waals surface area contributed by atoms with Crippen LogP contribution >= 0.6 is 0 Å². The number of aliphatic carboxylic acids is 1. The van der Waals surface area contributed by atoms with E-state index >= 15 is 0 Å². The van der Waals surface area contributed by atoms with Gasteiger partial charge in [0.25, 0.3) is 0 Å². The Labute approximate surface area is 98.4 Å². The molecule has 1 N–H and O–H groups in total. The highest BCUT2D eigenvalue weighted by molar-refractivity contribution is 5.76. The quantitative estimate of drug-likeness (QED) is 0.840. The number of methoxy groups -OCH3 is 1. The fourth-order valence-corrected chi connectivity index (χ4v) is 2.93. The molecule has 3 aliphatic rings. The molecule has 0 radical (unpaired) electrons. The van der Waals surface area contributed by atoms with Gasteiger partial charge in [-0.1, -0.05) is 6.07 Å². The van der Waals surface area contributed by atoms with Gasteiger partial charge in [0.15, 0.2) is 0 Å². The molecule has 2 aliphatic heterocycles. The lowest BCUT2D eigenvalue weighted by Gasteiger charge is -2.42. The lowest BCUT2D eigenvalue weighted by molar-refractivity contribution is -0.150. The van der Waals surface area contributed by atoms with Crippen molar-refractivity contribution in [3.63, 3.8) is 0 Å². The largest absolute Gasteiger partial charge is 0.481 e. The molecule has 3 heterocycles. The van der Waals surface area contributed by atoms with E-state index in [1.54, 1.807) is 19.4 Å². The van der Waals surface area contributed by atoms with Crippen molar-refractivity contribution in [1.29, 1.82) is 0 Å². The number of aromatic nitrogens is 1. The van der Waals surface area contributed by atoms with Crippen LogP contribution in [0.2, 0.25) is 0 Å². The number of fused-ring (bicyclic) bond motifs is 1. The number of hydrogen-bond donors (Lipinski definition) is 1. The molecular formula is C12H13NO4. The first kappa shape index (κ1) is 10.5. The molecule has 90 valence electrons. The first-order valence-corrected chi connectivity index (χ1v) is 5.52. The van der Waals surface area contributed by atoms with E-state index in [2.05, 4.69) is 4.98 Å². The molecule has 1 saturated carbocycles. The van der Waals surface area contributed by atoms with Crippen molar-refractivity contribution in [3.8, 4) is 5.88 Å². The third kappa shape index (κ3) is 1.29. The first-order valence-electron chi connectivity index (χ1n) is 5.52. The zero-order valence-electron chi connectivity index (χ0n) is 9.42. The van der Waals surface area contributed by atoms with Crippen molar-refractivity contribution >= 4 is 5.97 Å². The number of rotatable bonds is 3. The minimum Gasteiger partial charge on any atom is -0.481 e. The van der Waals surface area contributed by atoms with Gasteiger partial charge < -0.3 is 14.6 Å². The Bertz CT molecular complexity index is 454. The van der Waals surface area contributed by atoms with Gasteiger partial charge in [0.05, 0.1) is 25.7 Å². The highest BCUT2D eigenvalue weighted by Crippen LogP contribution is 2.56. The Balaban J connectivity index is 1.95. The standard InChI is InChI=1S/C12H13NO4/c1-16-9-3-2-7(5-13-9)12-4-8(17-6-12)10(12)11(14)15/h2-3,5,8,10H,4,6H2,1H3,(H,14,15)/t8-,10+,12-/m1/s1. The average molecular weight is 235 g/mol. The molecule has 0 amide bonds. The Kier molecular flexibility index (Phi) is 2.13. The van der Waals surface area contributed by atoms with Crippen LogP contribution in [-0.4, -0.2) is 35.9 Å². The molecule has 0 spiro atoms. The fourth-order valence-electron chi connectivity index (χ4n) is 2.93.